The molecular weight excluding hydrogens is 282 g/mol. The van der Waals surface area contributed by atoms with E-state index >= 15 is 0 Å². The minimum absolute atomic E-state index is 0.146. The van der Waals surface area contributed by atoms with Crippen molar-refractivity contribution in [2.24, 2.45) is 11.8 Å². The van der Waals surface area contributed by atoms with Crippen LogP contribution in [0.4, 0.5) is 0 Å². The summed E-state index contributed by atoms with van der Waals surface area (Å²) in [6, 6.07) is 5.88. The van der Waals surface area contributed by atoms with Gasteiger partial charge in [-0.15, -0.1) is 0 Å². The van der Waals surface area contributed by atoms with Crippen LogP contribution in [-0.2, 0) is 6.42 Å². The molecule has 1 unspecified atom stereocenters. The van der Waals surface area contributed by atoms with Gasteiger partial charge in [-0.3, -0.25) is 0 Å². The zero-order chi connectivity index (χ0) is 16.0. The van der Waals surface area contributed by atoms with Crippen LogP contribution in [0.5, 0.6) is 5.75 Å². The largest absolute Gasteiger partial charge is 0.496 e. The van der Waals surface area contributed by atoms with Crippen molar-refractivity contribution in [3.05, 3.63) is 28.8 Å². The molecule has 21 heavy (non-hydrogen) atoms. The lowest BCUT2D eigenvalue weighted by atomic mass is 9.90. The molecule has 0 heterocycles. The van der Waals surface area contributed by atoms with Gasteiger partial charge in [-0.1, -0.05) is 25.4 Å². The Bertz CT molecular complexity index is 437. The van der Waals surface area contributed by atoms with E-state index in [4.69, 9.17) is 16.3 Å². The maximum Gasteiger partial charge on any atom is 0.122 e. The molecule has 0 aliphatic rings. The second-order valence-corrected chi connectivity index (χ2v) is 7.72. The molecule has 1 aromatic rings. The highest BCUT2D eigenvalue weighted by atomic mass is 35.5. The fraction of sp³-hybridized carbons (Fsp3) is 0.667. The van der Waals surface area contributed by atoms with E-state index < -0.39 is 0 Å². The second-order valence-electron chi connectivity index (χ2n) is 7.29. The van der Waals surface area contributed by atoms with Crippen LogP contribution in [0, 0.1) is 11.8 Å². The van der Waals surface area contributed by atoms with Crippen LogP contribution in [0.25, 0.3) is 0 Å². The highest BCUT2D eigenvalue weighted by molar-refractivity contribution is 6.30. The molecule has 1 atom stereocenters. The third-order valence-corrected chi connectivity index (χ3v) is 3.71. The zero-order valence-corrected chi connectivity index (χ0v) is 15.1. The minimum Gasteiger partial charge on any atom is -0.496 e. The molecule has 0 saturated heterocycles. The maximum atomic E-state index is 6.14. The molecule has 0 aliphatic heterocycles. The summed E-state index contributed by atoms with van der Waals surface area (Å²) in [5.41, 5.74) is 1.35. The SMILES string of the molecule is COc1ccc(Cl)cc1CC(CNC(C)(C)C)CC(C)C. The first-order valence-electron chi connectivity index (χ1n) is 7.78. The Morgan fingerprint density at radius 1 is 1.24 bits per heavy atom. The molecule has 0 bridgehead atoms. The van der Waals surface area contributed by atoms with E-state index in [0.29, 0.717) is 11.8 Å². The number of halogens is 1. The van der Waals surface area contributed by atoms with Crippen LogP contribution in [0.1, 0.15) is 46.6 Å². The summed E-state index contributed by atoms with van der Waals surface area (Å²) < 4.78 is 5.47. The topological polar surface area (TPSA) is 21.3 Å². The number of benzene rings is 1. The van der Waals surface area contributed by atoms with E-state index in [0.717, 1.165) is 23.7 Å². The summed E-state index contributed by atoms with van der Waals surface area (Å²) in [5.74, 6) is 2.20. The van der Waals surface area contributed by atoms with E-state index in [1.54, 1.807) is 7.11 Å². The van der Waals surface area contributed by atoms with Crippen LogP contribution in [-0.4, -0.2) is 19.2 Å². The van der Waals surface area contributed by atoms with Crippen molar-refractivity contribution < 1.29 is 4.74 Å². The summed E-state index contributed by atoms with van der Waals surface area (Å²) >= 11 is 6.14. The molecule has 1 N–H and O–H groups in total. The van der Waals surface area contributed by atoms with E-state index in [9.17, 15) is 0 Å². The molecule has 0 radical (unpaired) electrons. The Balaban J connectivity index is 2.82. The van der Waals surface area contributed by atoms with Crippen molar-refractivity contribution in [2.75, 3.05) is 13.7 Å². The molecule has 1 rings (SSSR count). The summed E-state index contributed by atoms with van der Waals surface area (Å²) in [6.45, 7) is 12.2. The Kier molecular flexibility index (Phi) is 7.02. The third kappa shape index (κ3) is 7.19. The molecule has 0 fully saturated rings. The summed E-state index contributed by atoms with van der Waals surface area (Å²) in [5, 5.41) is 4.40. The average Bonchev–Trinajstić information content (AvgIpc) is 2.35. The van der Waals surface area contributed by atoms with Crippen LogP contribution in [0.2, 0.25) is 5.02 Å². The van der Waals surface area contributed by atoms with Gasteiger partial charge in [-0.05, 0) is 75.8 Å². The molecule has 0 spiro atoms. The van der Waals surface area contributed by atoms with E-state index in [1.165, 1.54) is 12.0 Å². The Labute approximate surface area is 135 Å². The van der Waals surface area contributed by atoms with Gasteiger partial charge in [0.05, 0.1) is 7.11 Å². The van der Waals surface area contributed by atoms with Crippen molar-refractivity contribution in [1.29, 1.82) is 0 Å². The second kappa shape index (κ2) is 8.05. The third-order valence-electron chi connectivity index (χ3n) is 3.48. The first kappa shape index (κ1) is 18.3. The van der Waals surface area contributed by atoms with Crippen molar-refractivity contribution in [2.45, 2.75) is 53.0 Å². The Hall–Kier alpha value is -0.730. The lowest BCUT2D eigenvalue weighted by Gasteiger charge is -2.27. The fourth-order valence-electron chi connectivity index (χ4n) is 2.57. The molecule has 2 nitrogen and oxygen atoms in total. The fourth-order valence-corrected chi connectivity index (χ4v) is 2.77. The molecule has 0 aromatic heterocycles. The van der Waals surface area contributed by atoms with Gasteiger partial charge in [0.15, 0.2) is 0 Å². The van der Waals surface area contributed by atoms with Crippen LogP contribution < -0.4 is 10.1 Å². The summed E-state index contributed by atoms with van der Waals surface area (Å²) in [6.07, 6.45) is 2.18. The maximum absolute atomic E-state index is 6.14. The number of nitrogens with one attached hydrogen (secondary N) is 1. The highest BCUT2D eigenvalue weighted by Gasteiger charge is 2.18. The molecule has 3 heteroatoms. The molecular formula is C18H30ClNO. The van der Waals surface area contributed by atoms with E-state index in [-0.39, 0.29) is 5.54 Å². The Morgan fingerprint density at radius 3 is 2.43 bits per heavy atom. The van der Waals surface area contributed by atoms with Gasteiger partial charge in [-0.25, -0.2) is 0 Å². The van der Waals surface area contributed by atoms with Gasteiger partial charge >= 0.3 is 0 Å². The van der Waals surface area contributed by atoms with E-state index in [2.05, 4.69) is 39.9 Å². The van der Waals surface area contributed by atoms with Gasteiger partial charge in [0.2, 0.25) is 0 Å². The monoisotopic (exact) mass is 311 g/mol. The van der Waals surface area contributed by atoms with Crippen molar-refractivity contribution in [3.63, 3.8) is 0 Å². The number of rotatable bonds is 7. The van der Waals surface area contributed by atoms with Gasteiger partial charge in [0, 0.05) is 10.6 Å². The number of methoxy groups -OCH3 is 1. The first-order chi connectivity index (χ1) is 9.71. The van der Waals surface area contributed by atoms with Gasteiger partial charge in [0.25, 0.3) is 0 Å². The zero-order valence-electron chi connectivity index (χ0n) is 14.3. The molecule has 120 valence electrons. The quantitative estimate of drug-likeness (QED) is 0.770. The first-order valence-corrected chi connectivity index (χ1v) is 8.16. The minimum atomic E-state index is 0.146. The predicted octanol–water partition coefficient (Wildman–Crippen LogP) is 4.94. The standard InChI is InChI=1S/C18H30ClNO/c1-13(2)9-14(12-20-18(3,4)5)10-15-11-16(19)7-8-17(15)21-6/h7-8,11,13-14,20H,9-10,12H2,1-6H3. The van der Waals surface area contributed by atoms with Crippen molar-refractivity contribution in [3.8, 4) is 5.75 Å². The number of hydrogen-bond donors (Lipinski definition) is 1. The van der Waals surface area contributed by atoms with Crippen molar-refractivity contribution in [1.82, 2.24) is 5.32 Å². The molecule has 0 aliphatic carbocycles. The van der Waals surface area contributed by atoms with Gasteiger partial charge < -0.3 is 10.1 Å². The van der Waals surface area contributed by atoms with Crippen LogP contribution in [0.3, 0.4) is 0 Å². The van der Waals surface area contributed by atoms with Crippen LogP contribution in [0.15, 0.2) is 18.2 Å². The summed E-state index contributed by atoms with van der Waals surface area (Å²) in [4.78, 5) is 0. The average molecular weight is 312 g/mol. The molecule has 1 aromatic carbocycles. The van der Waals surface area contributed by atoms with E-state index in [1.807, 2.05) is 18.2 Å². The van der Waals surface area contributed by atoms with Crippen molar-refractivity contribution >= 4 is 11.6 Å². The predicted molar refractivity (Wildman–Crippen MR) is 92.4 cm³/mol. The molecule has 0 amide bonds. The number of hydrogen-bond acceptors (Lipinski definition) is 2. The van der Waals surface area contributed by atoms with Gasteiger partial charge in [0.1, 0.15) is 5.75 Å². The normalized spacial score (nSPS) is 13.5. The lowest BCUT2D eigenvalue weighted by Crippen LogP contribution is -2.39. The van der Waals surface area contributed by atoms with Gasteiger partial charge in [-0.2, -0.15) is 0 Å². The lowest BCUT2D eigenvalue weighted by molar-refractivity contribution is 0.327. The van der Waals surface area contributed by atoms with Crippen LogP contribution >= 0.6 is 11.6 Å². The number of ether oxygens (including phenoxy) is 1. The summed E-state index contributed by atoms with van der Waals surface area (Å²) in [7, 11) is 1.72. The molecule has 0 saturated carbocycles. The highest BCUT2D eigenvalue weighted by Crippen LogP contribution is 2.27. The Morgan fingerprint density at radius 2 is 1.90 bits per heavy atom. The smallest absolute Gasteiger partial charge is 0.122 e.